The third-order valence-corrected chi connectivity index (χ3v) is 3.62. The summed E-state index contributed by atoms with van der Waals surface area (Å²) in [6.45, 7) is 11.1. The molecule has 0 fully saturated rings. The molecule has 1 atom stereocenters. The van der Waals surface area contributed by atoms with Gasteiger partial charge in [0, 0.05) is 25.3 Å². The number of nitrogens with zero attached hydrogens (tertiary/aromatic N) is 1. The van der Waals surface area contributed by atoms with Gasteiger partial charge < -0.3 is 10.2 Å². The predicted octanol–water partition coefficient (Wildman–Crippen LogP) is 4.23. The normalized spacial score (nSPS) is 12.7. The van der Waals surface area contributed by atoms with Crippen LogP contribution in [0.15, 0.2) is 24.3 Å². The summed E-state index contributed by atoms with van der Waals surface area (Å²) in [5.41, 5.74) is 2.80. The molecule has 1 N–H and O–H groups in total. The minimum Gasteiger partial charge on any atom is -0.374 e. The van der Waals surface area contributed by atoms with Gasteiger partial charge in [-0.2, -0.15) is 0 Å². The number of anilines is 1. The zero-order chi connectivity index (χ0) is 14.3. The Balaban J connectivity index is 2.87. The highest BCUT2D eigenvalue weighted by Crippen LogP contribution is 2.27. The van der Waals surface area contributed by atoms with Crippen molar-refractivity contribution in [1.82, 2.24) is 5.32 Å². The van der Waals surface area contributed by atoms with Gasteiger partial charge in [0.15, 0.2) is 0 Å². The molecule has 108 valence electrons. The molecule has 2 heteroatoms. The first kappa shape index (κ1) is 16.0. The first-order valence-electron chi connectivity index (χ1n) is 7.63. The monoisotopic (exact) mass is 262 g/mol. The molecule has 19 heavy (non-hydrogen) atoms. The molecule has 0 saturated carbocycles. The van der Waals surface area contributed by atoms with Gasteiger partial charge in [-0.25, -0.2) is 0 Å². The third-order valence-electron chi connectivity index (χ3n) is 3.62. The van der Waals surface area contributed by atoms with Crippen LogP contribution >= 0.6 is 0 Å². The number of hydrogen-bond donors (Lipinski definition) is 1. The molecule has 0 radical (unpaired) electrons. The van der Waals surface area contributed by atoms with Crippen LogP contribution in [0.5, 0.6) is 0 Å². The van der Waals surface area contributed by atoms with E-state index in [9.17, 15) is 0 Å². The molecule has 1 aromatic rings. The quantitative estimate of drug-likeness (QED) is 0.754. The number of para-hydroxylation sites is 1. The standard InChI is InChI=1S/C17H30N2/c1-6-16(18-7-2)15-10-8-9-11-17(15)19(5)13-12-14(3)4/h8-11,14,16,18H,6-7,12-13H2,1-5H3. The second kappa shape index (κ2) is 8.21. The third kappa shape index (κ3) is 4.87. The lowest BCUT2D eigenvalue weighted by Crippen LogP contribution is -2.25. The molecule has 0 aliphatic carbocycles. The van der Waals surface area contributed by atoms with Crippen molar-refractivity contribution in [3.05, 3.63) is 29.8 Å². The summed E-state index contributed by atoms with van der Waals surface area (Å²) in [5.74, 6) is 0.755. The second-order valence-corrected chi connectivity index (χ2v) is 5.68. The van der Waals surface area contributed by atoms with E-state index in [2.05, 4.69) is 69.2 Å². The van der Waals surface area contributed by atoms with Gasteiger partial charge in [0.2, 0.25) is 0 Å². The highest BCUT2D eigenvalue weighted by atomic mass is 15.1. The highest BCUT2D eigenvalue weighted by molar-refractivity contribution is 5.54. The summed E-state index contributed by atoms with van der Waals surface area (Å²) in [4.78, 5) is 2.40. The van der Waals surface area contributed by atoms with Gasteiger partial charge in [-0.15, -0.1) is 0 Å². The predicted molar refractivity (Wildman–Crippen MR) is 85.9 cm³/mol. The van der Waals surface area contributed by atoms with Crippen LogP contribution in [0.3, 0.4) is 0 Å². The molecule has 0 heterocycles. The smallest absolute Gasteiger partial charge is 0.0412 e. The molecule has 1 unspecified atom stereocenters. The molecule has 0 spiro atoms. The van der Waals surface area contributed by atoms with E-state index in [1.54, 1.807) is 0 Å². The summed E-state index contributed by atoms with van der Waals surface area (Å²) in [7, 11) is 2.21. The van der Waals surface area contributed by atoms with E-state index in [0.717, 1.165) is 25.4 Å². The molecule has 2 nitrogen and oxygen atoms in total. The van der Waals surface area contributed by atoms with Crippen LogP contribution in [-0.4, -0.2) is 20.1 Å². The maximum absolute atomic E-state index is 3.58. The molecule has 0 aliphatic rings. The average Bonchev–Trinajstić information content (AvgIpc) is 2.42. The van der Waals surface area contributed by atoms with Crippen molar-refractivity contribution < 1.29 is 0 Å². The first-order chi connectivity index (χ1) is 9.10. The van der Waals surface area contributed by atoms with Crippen molar-refractivity contribution >= 4 is 5.69 Å². The van der Waals surface area contributed by atoms with Crippen LogP contribution in [-0.2, 0) is 0 Å². The lowest BCUT2D eigenvalue weighted by molar-refractivity contribution is 0.534. The van der Waals surface area contributed by atoms with Crippen molar-refractivity contribution in [1.29, 1.82) is 0 Å². The van der Waals surface area contributed by atoms with Gasteiger partial charge in [-0.05, 0) is 36.9 Å². The summed E-state index contributed by atoms with van der Waals surface area (Å²) >= 11 is 0. The van der Waals surface area contributed by atoms with Crippen LogP contribution in [0.2, 0.25) is 0 Å². The van der Waals surface area contributed by atoms with Crippen molar-refractivity contribution in [2.24, 2.45) is 5.92 Å². The Bertz CT molecular complexity index is 360. The van der Waals surface area contributed by atoms with E-state index >= 15 is 0 Å². The second-order valence-electron chi connectivity index (χ2n) is 5.68. The Labute approximate surface area is 119 Å². The minimum atomic E-state index is 0.461. The van der Waals surface area contributed by atoms with E-state index in [-0.39, 0.29) is 0 Å². The van der Waals surface area contributed by atoms with E-state index in [1.807, 2.05) is 0 Å². The summed E-state index contributed by atoms with van der Waals surface area (Å²) in [5, 5.41) is 3.58. The van der Waals surface area contributed by atoms with Crippen LogP contribution in [0, 0.1) is 5.92 Å². The van der Waals surface area contributed by atoms with Crippen LogP contribution < -0.4 is 10.2 Å². The van der Waals surface area contributed by atoms with E-state index in [1.165, 1.54) is 17.7 Å². The van der Waals surface area contributed by atoms with Crippen molar-refractivity contribution in [2.75, 3.05) is 25.0 Å². The highest BCUT2D eigenvalue weighted by Gasteiger charge is 2.14. The fourth-order valence-corrected chi connectivity index (χ4v) is 2.42. The number of nitrogens with one attached hydrogen (secondary N) is 1. The van der Waals surface area contributed by atoms with Gasteiger partial charge in [0.05, 0.1) is 0 Å². The Morgan fingerprint density at radius 1 is 1.16 bits per heavy atom. The largest absolute Gasteiger partial charge is 0.374 e. The number of hydrogen-bond acceptors (Lipinski definition) is 2. The molecule has 1 rings (SSSR count). The fourth-order valence-electron chi connectivity index (χ4n) is 2.42. The zero-order valence-electron chi connectivity index (χ0n) is 13.2. The SMILES string of the molecule is CCNC(CC)c1ccccc1N(C)CCC(C)C. The Morgan fingerprint density at radius 3 is 2.42 bits per heavy atom. The van der Waals surface area contributed by atoms with Crippen molar-refractivity contribution in [3.8, 4) is 0 Å². The topological polar surface area (TPSA) is 15.3 Å². The maximum atomic E-state index is 3.58. The molecular formula is C17H30N2. The summed E-state index contributed by atoms with van der Waals surface area (Å²) < 4.78 is 0. The van der Waals surface area contributed by atoms with Crippen LogP contribution in [0.25, 0.3) is 0 Å². The van der Waals surface area contributed by atoms with Gasteiger partial charge in [0.25, 0.3) is 0 Å². The van der Waals surface area contributed by atoms with Crippen LogP contribution in [0.1, 0.15) is 52.1 Å². The number of benzene rings is 1. The lowest BCUT2D eigenvalue weighted by Gasteiger charge is -2.27. The minimum absolute atomic E-state index is 0.461. The van der Waals surface area contributed by atoms with Gasteiger partial charge in [-0.3, -0.25) is 0 Å². The van der Waals surface area contributed by atoms with E-state index in [0.29, 0.717) is 6.04 Å². The van der Waals surface area contributed by atoms with Gasteiger partial charge >= 0.3 is 0 Å². The molecule has 0 aromatic heterocycles. The average molecular weight is 262 g/mol. The molecule has 0 amide bonds. The van der Waals surface area contributed by atoms with Crippen molar-refractivity contribution in [2.45, 2.75) is 46.6 Å². The fraction of sp³-hybridized carbons (Fsp3) is 0.647. The molecular weight excluding hydrogens is 232 g/mol. The van der Waals surface area contributed by atoms with Gasteiger partial charge in [-0.1, -0.05) is 45.9 Å². The maximum Gasteiger partial charge on any atom is 0.0412 e. The summed E-state index contributed by atoms with van der Waals surface area (Å²) in [6, 6.07) is 9.26. The van der Waals surface area contributed by atoms with Crippen molar-refractivity contribution in [3.63, 3.8) is 0 Å². The molecule has 0 aliphatic heterocycles. The Morgan fingerprint density at radius 2 is 1.84 bits per heavy atom. The van der Waals surface area contributed by atoms with Gasteiger partial charge in [0.1, 0.15) is 0 Å². The van der Waals surface area contributed by atoms with E-state index < -0.39 is 0 Å². The molecule has 0 bridgehead atoms. The molecule has 0 saturated heterocycles. The number of rotatable bonds is 8. The van der Waals surface area contributed by atoms with E-state index in [4.69, 9.17) is 0 Å². The van der Waals surface area contributed by atoms with Crippen LogP contribution in [0.4, 0.5) is 5.69 Å². The zero-order valence-corrected chi connectivity index (χ0v) is 13.2. The first-order valence-corrected chi connectivity index (χ1v) is 7.63. The Kier molecular flexibility index (Phi) is 6.93. The lowest BCUT2D eigenvalue weighted by atomic mass is 10.0. The summed E-state index contributed by atoms with van der Waals surface area (Å²) in [6.07, 6.45) is 2.37. The Hall–Kier alpha value is -1.02. The molecule has 1 aromatic carbocycles.